The molecule has 4 unspecified atom stereocenters. The van der Waals surface area contributed by atoms with Crippen molar-refractivity contribution in [3.8, 4) is 0 Å². The molecule has 0 aromatic carbocycles. The Hall–Kier alpha value is -0.610. The van der Waals surface area contributed by atoms with Crippen LogP contribution in [0.4, 0.5) is 0 Å². The maximum Gasteiger partial charge on any atom is 0.223 e. The fourth-order valence-corrected chi connectivity index (χ4v) is 4.69. The molecule has 30 heavy (non-hydrogen) atoms. The fourth-order valence-electron chi connectivity index (χ4n) is 4.69. The zero-order chi connectivity index (χ0) is 22.7. The summed E-state index contributed by atoms with van der Waals surface area (Å²) in [6, 6.07) is 0.470. The van der Waals surface area contributed by atoms with Crippen LogP contribution in [-0.4, -0.2) is 35.7 Å². The summed E-state index contributed by atoms with van der Waals surface area (Å²) in [5.74, 6) is 2.03. The van der Waals surface area contributed by atoms with Gasteiger partial charge in [-0.2, -0.15) is 0 Å². The molecule has 4 heteroatoms. The highest BCUT2D eigenvalue weighted by atomic mass is 16.3. The lowest BCUT2D eigenvalue weighted by atomic mass is 9.81. The van der Waals surface area contributed by atoms with Crippen LogP contribution < -0.4 is 10.6 Å². The Bertz CT molecular complexity index is 458. The molecule has 1 aliphatic rings. The van der Waals surface area contributed by atoms with Crippen molar-refractivity contribution in [1.29, 1.82) is 0 Å². The first kappa shape index (κ1) is 27.4. The van der Waals surface area contributed by atoms with Crippen molar-refractivity contribution in [2.24, 2.45) is 29.6 Å². The monoisotopic (exact) mass is 424 g/mol. The van der Waals surface area contributed by atoms with Crippen molar-refractivity contribution in [3.63, 3.8) is 0 Å². The van der Waals surface area contributed by atoms with E-state index in [1.807, 2.05) is 0 Å². The topological polar surface area (TPSA) is 61.4 Å². The zero-order valence-corrected chi connectivity index (χ0v) is 21.0. The third-order valence-electron chi connectivity index (χ3n) is 6.77. The van der Waals surface area contributed by atoms with Crippen LogP contribution in [0.2, 0.25) is 0 Å². The minimum atomic E-state index is -0.481. The van der Waals surface area contributed by atoms with Gasteiger partial charge in [0.2, 0.25) is 5.91 Å². The number of hydrogen-bond acceptors (Lipinski definition) is 3. The van der Waals surface area contributed by atoms with Gasteiger partial charge in [-0.25, -0.2) is 0 Å². The Labute approximate surface area is 187 Å². The summed E-state index contributed by atoms with van der Waals surface area (Å²) in [7, 11) is 0. The van der Waals surface area contributed by atoms with E-state index in [0.717, 1.165) is 12.8 Å². The standard InChI is InChI=1S/C26H52N2O2/c1-18(2)13-14-21(7)28-24(15-22-11-9-8-10-12-22)25(29)16-23(20(5)6)26(30)27-17-19(3)4/h18-25,28-29H,8-17H2,1-7H3,(H,27,30). The predicted molar refractivity (Wildman–Crippen MR) is 128 cm³/mol. The number of amides is 1. The molecule has 1 rings (SSSR count). The Morgan fingerprint density at radius 3 is 2.10 bits per heavy atom. The molecule has 0 aromatic heterocycles. The minimum absolute atomic E-state index is 0.0782. The van der Waals surface area contributed by atoms with Gasteiger partial charge in [-0.15, -0.1) is 0 Å². The van der Waals surface area contributed by atoms with Gasteiger partial charge < -0.3 is 15.7 Å². The number of rotatable bonds is 14. The highest BCUT2D eigenvalue weighted by Crippen LogP contribution is 2.30. The van der Waals surface area contributed by atoms with Gasteiger partial charge in [-0.05, 0) is 56.3 Å². The SMILES string of the molecule is CC(C)CCC(C)NC(CC1CCCCC1)C(O)CC(C(=O)NCC(C)C)C(C)C. The minimum Gasteiger partial charge on any atom is -0.391 e. The predicted octanol–water partition coefficient (Wildman–Crippen LogP) is 5.54. The number of aliphatic hydroxyl groups excluding tert-OH is 1. The summed E-state index contributed by atoms with van der Waals surface area (Å²) < 4.78 is 0. The van der Waals surface area contributed by atoms with Crippen LogP contribution >= 0.6 is 0 Å². The molecule has 4 nitrogen and oxygen atoms in total. The van der Waals surface area contributed by atoms with Crippen molar-refractivity contribution >= 4 is 5.91 Å². The molecular formula is C26H52N2O2. The van der Waals surface area contributed by atoms with Gasteiger partial charge in [0.1, 0.15) is 0 Å². The molecule has 0 heterocycles. The summed E-state index contributed by atoms with van der Waals surface area (Å²) in [5.41, 5.74) is 0. The number of aliphatic hydroxyl groups is 1. The van der Waals surface area contributed by atoms with E-state index in [-0.39, 0.29) is 23.8 Å². The van der Waals surface area contributed by atoms with Crippen molar-refractivity contribution in [2.75, 3.05) is 6.54 Å². The summed E-state index contributed by atoms with van der Waals surface area (Å²) >= 11 is 0. The van der Waals surface area contributed by atoms with Gasteiger partial charge in [0, 0.05) is 24.5 Å². The first-order valence-electron chi connectivity index (χ1n) is 12.8. The lowest BCUT2D eigenvalue weighted by molar-refractivity contribution is -0.127. The third kappa shape index (κ3) is 11.1. The van der Waals surface area contributed by atoms with Gasteiger partial charge >= 0.3 is 0 Å². The highest BCUT2D eigenvalue weighted by molar-refractivity contribution is 5.78. The van der Waals surface area contributed by atoms with Crippen LogP contribution in [0.15, 0.2) is 0 Å². The first-order chi connectivity index (χ1) is 14.1. The van der Waals surface area contributed by atoms with Crippen molar-refractivity contribution in [3.05, 3.63) is 0 Å². The zero-order valence-electron chi connectivity index (χ0n) is 21.0. The molecule has 1 amide bonds. The molecule has 1 aliphatic carbocycles. The Morgan fingerprint density at radius 1 is 0.933 bits per heavy atom. The molecule has 1 saturated carbocycles. The van der Waals surface area contributed by atoms with E-state index >= 15 is 0 Å². The van der Waals surface area contributed by atoms with E-state index < -0.39 is 6.10 Å². The summed E-state index contributed by atoms with van der Waals surface area (Å²) in [5, 5.41) is 18.1. The smallest absolute Gasteiger partial charge is 0.223 e. The second-order valence-corrected chi connectivity index (χ2v) is 11.2. The van der Waals surface area contributed by atoms with E-state index in [1.54, 1.807) is 0 Å². The molecule has 0 aliphatic heterocycles. The van der Waals surface area contributed by atoms with Gasteiger partial charge in [0.05, 0.1) is 6.10 Å². The van der Waals surface area contributed by atoms with Gasteiger partial charge in [-0.1, -0.05) is 73.6 Å². The summed E-state index contributed by atoms with van der Waals surface area (Å²) in [4.78, 5) is 12.8. The van der Waals surface area contributed by atoms with Crippen molar-refractivity contribution in [1.82, 2.24) is 10.6 Å². The maximum atomic E-state index is 12.8. The van der Waals surface area contributed by atoms with Gasteiger partial charge in [0.15, 0.2) is 0 Å². The Balaban J connectivity index is 2.78. The largest absolute Gasteiger partial charge is 0.391 e. The molecule has 0 saturated heterocycles. The number of hydrogen-bond donors (Lipinski definition) is 3. The average molecular weight is 425 g/mol. The van der Waals surface area contributed by atoms with Crippen LogP contribution in [0.25, 0.3) is 0 Å². The highest BCUT2D eigenvalue weighted by Gasteiger charge is 2.31. The van der Waals surface area contributed by atoms with Crippen LogP contribution in [-0.2, 0) is 4.79 Å². The number of carbonyl (C=O) groups is 1. The molecule has 3 N–H and O–H groups in total. The lowest BCUT2D eigenvalue weighted by Gasteiger charge is -2.34. The van der Waals surface area contributed by atoms with Gasteiger partial charge in [-0.3, -0.25) is 4.79 Å². The number of carbonyl (C=O) groups excluding carboxylic acids is 1. The first-order valence-corrected chi connectivity index (χ1v) is 12.8. The molecule has 1 fully saturated rings. The van der Waals surface area contributed by atoms with Crippen molar-refractivity contribution in [2.45, 2.75) is 124 Å². The van der Waals surface area contributed by atoms with Crippen LogP contribution in [0.5, 0.6) is 0 Å². The normalized spacial score (nSPS) is 19.8. The van der Waals surface area contributed by atoms with E-state index in [1.165, 1.54) is 38.5 Å². The average Bonchev–Trinajstić information content (AvgIpc) is 2.68. The van der Waals surface area contributed by atoms with E-state index in [2.05, 4.69) is 59.1 Å². The lowest BCUT2D eigenvalue weighted by Crippen LogP contribution is -2.48. The molecular weight excluding hydrogens is 372 g/mol. The molecule has 0 spiro atoms. The Morgan fingerprint density at radius 2 is 1.57 bits per heavy atom. The second kappa shape index (κ2) is 14.5. The molecule has 0 aromatic rings. The molecule has 0 radical (unpaired) electrons. The molecule has 4 atom stereocenters. The van der Waals surface area contributed by atoms with Gasteiger partial charge in [0.25, 0.3) is 0 Å². The van der Waals surface area contributed by atoms with Crippen LogP contribution in [0.1, 0.15) is 106 Å². The van der Waals surface area contributed by atoms with E-state index in [4.69, 9.17) is 0 Å². The van der Waals surface area contributed by atoms with Crippen LogP contribution in [0, 0.1) is 29.6 Å². The second-order valence-electron chi connectivity index (χ2n) is 11.2. The molecule has 178 valence electrons. The van der Waals surface area contributed by atoms with E-state index in [9.17, 15) is 9.90 Å². The third-order valence-corrected chi connectivity index (χ3v) is 6.77. The summed E-state index contributed by atoms with van der Waals surface area (Å²) in [6.07, 6.45) is 10.0. The molecule has 0 bridgehead atoms. The quantitative estimate of drug-likeness (QED) is 0.343. The fraction of sp³-hybridized carbons (Fsp3) is 0.962. The van der Waals surface area contributed by atoms with Crippen molar-refractivity contribution < 1.29 is 9.90 Å². The summed E-state index contributed by atoms with van der Waals surface area (Å²) in [6.45, 7) is 15.9. The maximum absolute atomic E-state index is 12.8. The number of nitrogens with one attached hydrogen (secondary N) is 2. The van der Waals surface area contributed by atoms with E-state index in [0.29, 0.717) is 36.8 Å². The Kier molecular flexibility index (Phi) is 13.2. The van der Waals surface area contributed by atoms with Crippen LogP contribution in [0.3, 0.4) is 0 Å².